The lowest BCUT2D eigenvalue weighted by molar-refractivity contribution is -0.136. The molecule has 98 valence electrons. The zero-order chi connectivity index (χ0) is 12.3. The highest BCUT2D eigenvalue weighted by Gasteiger charge is 2.33. The molecular formula is C13H24N2O2. The summed E-state index contributed by atoms with van der Waals surface area (Å²) in [6.07, 6.45) is 3.81. The molecule has 2 aliphatic rings. The van der Waals surface area contributed by atoms with E-state index >= 15 is 0 Å². The van der Waals surface area contributed by atoms with Crippen molar-refractivity contribution in [2.75, 3.05) is 26.2 Å². The Morgan fingerprint density at radius 1 is 1.47 bits per heavy atom. The molecule has 1 amide bonds. The highest BCUT2D eigenvalue weighted by atomic mass is 16.5. The second-order valence-corrected chi connectivity index (χ2v) is 5.93. The molecule has 1 aliphatic carbocycles. The monoisotopic (exact) mass is 240 g/mol. The lowest BCUT2D eigenvalue weighted by Gasteiger charge is -2.38. The van der Waals surface area contributed by atoms with Crippen LogP contribution in [0.5, 0.6) is 0 Å². The Hall–Kier alpha value is -0.610. The Balaban J connectivity index is 1.57. The van der Waals surface area contributed by atoms with E-state index in [0.717, 1.165) is 25.6 Å². The quantitative estimate of drug-likeness (QED) is 0.751. The predicted octanol–water partition coefficient (Wildman–Crippen LogP) is 0.917. The first kappa shape index (κ1) is 12.8. The fraction of sp³-hybridized carbons (Fsp3) is 0.923. The van der Waals surface area contributed by atoms with Crippen molar-refractivity contribution in [3.63, 3.8) is 0 Å². The maximum atomic E-state index is 11.6. The van der Waals surface area contributed by atoms with Gasteiger partial charge in [0.15, 0.2) is 0 Å². The lowest BCUT2D eigenvalue weighted by Crippen LogP contribution is -2.59. The molecule has 17 heavy (non-hydrogen) atoms. The van der Waals surface area contributed by atoms with Crippen LogP contribution in [0, 0.1) is 11.8 Å². The molecule has 4 heteroatoms. The minimum absolute atomic E-state index is 0.0256. The Morgan fingerprint density at radius 3 is 2.76 bits per heavy atom. The van der Waals surface area contributed by atoms with Crippen LogP contribution in [0.1, 0.15) is 33.1 Å². The molecule has 1 saturated heterocycles. The van der Waals surface area contributed by atoms with Crippen molar-refractivity contribution in [1.29, 1.82) is 0 Å². The average Bonchev–Trinajstić information content (AvgIpc) is 2.67. The second-order valence-electron chi connectivity index (χ2n) is 5.93. The van der Waals surface area contributed by atoms with Crippen molar-refractivity contribution in [2.45, 2.75) is 38.7 Å². The summed E-state index contributed by atoms with van der Waals surface area (Å²) in [6.45, 7) is 7.04. The van der Waals surface area contributed by atoms with E-state index in [2.05, 4.69) is 17.6 Å². The van der Waals surface area contributed by atoms with Gasteiger partial charge in [0.2, 0.25) is 5.91 Å². The number of hydrogen-bond donors (Lipinski definition) is 2. The predicted molar refractivity (Wildman–Crippen MR) is 66.7 cm³/mol. The summed E-state index contributed by atoms with van der Waals surface area (Å²) in [5.74, 6) is 1.53. The Kier molecular flexibility index (Phi) is 4.05. The van der Waals surface area contributed by atoms with Gasteiger partial charge >= 0.3 is 0 Å². The van der Waals surface area contributed by atoms with Crippen LogP contribution >= 0.6 is 0 Å². The third kappa shape index (κ3) is 3.68. The number of hydrogen-bond acceptors (Lipinski definition) is 3. The molecule has 0 radical (unpaired) electrons. The van der Waals surface area contributed by atoms with Crippen LogP contribution in [-0.4, -0.2) is 37.7 Å². The van der Waals surface area contributed by atoms with Crippen LogP contribution < -0.4 is 10.6 Å². The second kappa shape index (κ2) is 5.36. The van der Waals surface area contributed by atoms with Gasteiger partial charge in [-0.15, -0.1) is 0 Å². The van der Waals surface area contributed by atoms with Crippen molar-refractivity contribution < 1.29 is 9.53 Å². The summed E-state index contributed by atoms with van der Waals surface area (Å²) in [7, 11) is 0. The standard InChI is InChI=1S/C13H24N2O2/c1-10-3-4-11(5-10)6-15-12(16)7-17-13(2)8-14-9-13/h10-11,14H,3-9H2,1-2H3,(H,15,16). The van der Waals surface area contributed by atoms with E-state index in [1.807, 2.05) is 6.92 Å². The van der Waals surface area contributed by atoms with Gasteiger partial charge in [0.1, 0.15) is 6.61 Å². The number of rotatable bonds is 5. The smallest absolute Gasteiger partial charge is 0.246 e. The molecule has 1 saturated carbocycles. The van der Waals surface area contributed by atoms with Crippen LogP contribution in [0.3, 0.4) is 0 Å². The Bertz CT molecular complexity index is 277. The van der Waals surface area contributed by atoms with Crippen molar-refractivity contribution in [2.24, 2.45) is 11.8 Å². The number of carbonyl (C=O) groups is 1. The molecule has 2 unspecified atom stereocenters. The van der Waals surface area contributed by atoms with E-state index in [1.165, 1.54) is 19.3 Å². The van der Waals surface area contributed by atoms with Crippen LogP contribution in [-0.2, 0) is 9.53 Å². The van der Waals surface area contributed by atoms with Gasteiger partial charge in [-0.2, -0.15) is 0 Å². The summed E-state index contributed by atoms with van der Waals surface area (Å²) in [5.41, 5.74) is -0.126. The zero-order valence-electron chi connectivity index (χ0n) is 10.9. The maximum Gasteiger partial charge on any atom is 0.246 e. The van der Waals surface area contributed by atoms with Crippen LogP contribution in [0.15, 0.2) is 0 Å². The van der Waals surface area contributed by atoms with Gasteiger partial charge in [-0.25, -0.2) is 0 Å². The fourth-order valence-corrected chi connectivity index (χ4v) is 2.64. The van der Waals surface area contributed by atoms with E-state index in [4.69, 9.17) is 4.74 Å². The van der Waals surface area contributed by atoms with E-state index < -0.39 is 0 Å². The summed E-state index contributed by atoms with van der Waals surface area (Å²) >= 11 is 0. The minimum atomic E-state index is -0.126. The molecule has 1 aliphatic heterocycles. The lowest BCUT2D eigenvalue weighted by atomic mass is 10.0. The first-order valence-electron chi connectivity index (χ1n) is 6.69. The van der Waals surface area contributed by atoms with Gasteiger partial charge in [0, 0.05) is 19.6 Å². The van der Waals surface area contributed by atoms with Crippen molar-refractivity contribution >= 4 is 5.91 Å². The molecule has 2 rings (SSSR count). The summed E-state index contributed by atoms with van der Waals surface area (Å²) in [4.78, 5) is 11.6. The fourth-order valence-electron chi connectivity index (χ4n) is 2.64. The SMILES string of the molecule is CC1CCC(CNC(=O)COC2(C)CNC2)C1. The van der Waals surface area contributed by atoms with E-state index in [9.17, 15) is 4.79 Å². The molecule has 2 fully saturated rings. The Labute approximate surface area is 103 Å². The minimum Gasteiger partial charge on any atom is -0.363 e. The van der Waals surface area contributed by atoms with E-state index in [0.29, 0.717) is 5.92 Å². The summed E-state index contributed by atoms with van der Waals surface area (Å²) in [5, 5.41) is 6.13. The molecule has 4 nitrogen and oxygen atoms in total. The van der Waals surface area contributed by atoms with Gasteiger partial charge in [0.05, 0.1) is 5.60 Å². The summed E-state index contributed by atoms with van der Waals surface area (Å²) in [6, 6.07) is 0. The molecule has 0 aromatic carbocycles. The molecule has 0 aromatic heterocycles. The zero-order valence-corrected chi connectivity index (χ0v) is 10.9. The van der Waals surface area contributed by atoms with Crippen LogP contribution in [0.2, 0.25) is 0 Å². The third-order valence-corrected chi connectivity index (χ3v) is 3.94. The van der Waals surface area contributed by atoms with Crippen LogP contribution in [0.25, 0.3) is 0 Å². The highest BCUT2D eigenvalue weighted by molar-refractivity contribution is 5.77. The molecular weight excluding hydrogens is 216 g/mol. The number of amides is 1. The van der Waals surface area contributed by atoms with Crippen LogP contribution in [0.4, 0.5) is 0 Å². The van der Waals surface area contributed by atoms with Crippen molar-refractivity contribution in [3.05, 3.63) is 0 Å². The molecule has 0 bridgehead atoms. The van der Waals surface area contributed by atoms with Gasteiger partial charge in [-0.05, 0) is 31.6 Å². The first-order chi connectivity index (χ1) is 8.07. The molecule has 2 N–H and O–H groups in total. The van der Waals surface area contributed by atoms with Gasteiger partial charge in [0.25, 0.3) is 0 Å². The molecule has 0 spiro atoms. The maximum absolute atomic E-state index is 11.6. The first-order valence-corrected chi connectivity index (χ1v) is 6.69. The van der Waals surface area contributed by atoms with Gasteiger partial charge in [-0.3, -0.25) is 4.79 Å². The van der Waals surface area contributed by atoms with E-state index in [1.54, 1.807) is 0 Å². The largest absolute Gasteiger partial charge is 0.363 e. The molecule has 1 heterocycles. The van der Waals surface area contributed by atoms with Gasteiger partial charge < -0.3 is 15.4 Å². The average molecular weight is 240 g/mol. The van der Waals surface area contributed by atoms with Crippen molar-refractivity contribution in [3.8, 4) is 0 Å². The van der Waals surface area contributed by atoms with Gasteiger partial charge in [-0.1, -0.05) is 13.3 Å². The topological polar surface area (TPSA) is 50.4 Å². The number of nitrogens with one attached hydrogen (secondary N) is 2. The van der Waals surface area contributed by atoms with E-state index in [-0.39, 0.29) is 18.1 Å². The summed E-state index contributed by atoms with van der Waals surface area (Å²) < 4.78 is 5.59. The third-order valence-electron chi connectivity index (χ3n) is 3.94. The highest BCUT2D eigenvalue weighted by Crippen LogP contribution is 2.29. The normalized spacial score (nSPS) is 30.9. The number of carbonyl (C=O) groups excluding carboxylic acids is 1. The Morgan fingerprint density at radius 2 is 2.24 bits per heavy atom. The number of ether oxygens (including phenoxy) is 1. The van der Waals surface area contributed by atoms with Crippen molar-refractivity contribution in [1.82, 2.24) is 10.6 Å². The molecule has 2 atom stereocenters. The molecule has 0 aromatic rings.